The first-order valence-electron chi connectivity index (χ1n) is 35.8. The number of aliphatic hydroxyl groups is 2. The van der Waals surface area contributed by atoms with E-state index in [1.54, 1.807) is 19.6 Å². The van der Waals surface area contributed by atoms with E-state index >= 15 is 0 Å². The molecule has 2 aliphatic heterocycles. The van der Waals surface area contributed by atoms with E-state index in [0.717, 1.165) is 22.6 Å². The minimum Gasteiger partial charge on any atom is -0.481 e. The Morgan fingerprint density at radius 3 is 1.44 bits per heavy atom. The van der Waals surface area contributed by atoms with Crippen LogP contribution in [0.2, 0.25) is 0 Å². The summed E-state index contributed by atoms with van der Waals surface area (Å²) in [4.78, 5) is 174. The molecule has 6 unspecified atom stereocenters. The van der Waals surface area contributed by atoms with Crippen LogP contribution in [0.4, 0.5) is 4.79 Å². The summed E-state index contributed by atoms with van der Waals surface area (Å²) in [7, 11) is 0. The molecule has 6 rings (SSSR count). The third kappa shape index (κ3) is 25.1. The fourth-order valence-electron chi connectivity index (χ4n) is 17.5. The Hall–Kier alpha value is -7.45. The third-order valence-corrected chi connectivity index (χ3v) is 22.7. The van der Waals surface area contributed by atoms with Crippen molar-refractivity contribution >= 4 is 77.5 Å². The number of hydrogen-bond acceptors (Lipinski definition) is 23. The average Bonchev–Trinajstić information content (AvgIpc) is 1.67. The zero-order chi connectivity index (χ0) is 76.0. The van der Waals surface area contributed by atoms with Crippen molar-refractivity contribution in [3.63, 3.8) is 0 Å². The molecule has 6 fully saturated rings. The number of aliphatic carboxylic acids is 9. The number of carbonyl (C=O) groups excluding carboxylic acids is 4. The van der Waals surface area contributed by atoms with Gasteiger partial charge in [-0.25, -0.2) is 4.79 Å². The lowest BCUT2D eigenvalue weighted by Gasteiger charge is -2.63. The second kappa shape index (κ2) is 39.6. The van der Waals surface area contributed by atoms with Crippen molar-refractivity contribution in [3.8, 4) is 0 Å². The van der Waals surface area contributed by atoms with Gasteiger partial charge in [0.25, 0.3) is 0 Å². The Morgan fingerprint density at radius 1 is 0.515 bits per heavy atom. The molecule has 103 heavy (non-hydrogen) atoms. The highest BCUT2D eigenvalue weighted by Gasteiger charge is 2.66. The van der Waals surface area contributed by atoms with Crippen LogP contribution in [0.1, 0.15) is 97.8 Å². The van der Waals surface area contributed by atoms with Gasteiger partial charge < -0.3 is 81.8 Å². The number of carboxylic acid groups (broad SMARTS) is 9. The SMILES string of the molecule is CC(CCC(=O)O)C1CCC2C3C(C[C@H](O)[C@]12C)[C@@]1(C)CC[C@@H](OC(=O)N2C[C@@H](C(=O)NCCCC[C@@H](C(=O)O)N(CCN(CC(=O)O)CC(=O)O)CCN(CC(=O)O)CC(=O)O)[C@H](C(=O)NCCNC(=O)CN4CCN(CC(=O)O)CCN(CC(=O)O)CCN(CC(=O)O)CC4)C2)CC1C[C@H]3O. The summed E-state index contributed by atoms with van der Waals surface area (Å²) >= 11 is 0. The molecular formula is C67H109N11O25. The lowest BCUT2D eigenvalue weighted by Crippen LogP contribution is -2.62. The van der Waals surface area contributed by atoms with Crippen LogP contribution in [0, 0.1) is 58.2 Å². The molecule has 0 aromatic carbocycles. The second-order valence-electron chi connectivity index (χ2n) is 29.5. The predicted molar refractivity (Wildman–Crippen MR) is 361 cm³/mol. The summed E-state index contributed by atoms with van der Waals surface area (Å²) in [5.74, 6) is -15.2. The van der Waals surface area contributed by atoms with E-state index in [4.69, 9.17) is 4.74 Å². The van der Waals surface area contributed by atoms with Crippen LogP contribution in [0.25, 0.3) is 0 Å². The number of ether oxygens (including phenoxy) is 1. The van der Waals surface area contributed by atoms with E-state index in [9.17, 15) is 119 Å². The molecule has 0 spiro atoms. The zero-order valence-electron chi connectivity index (χ0n) is 59.3. The molecule has 0 aromatic rings. The number of nitrogens with one attached hydrogen (secondary N) is 3. The molecule has 0 bridgehead atoms. The van der Waals surface area contributed by atoms with Gasteiger partial charge in [-0.15, -0.1) is 0 Å². The molecule has 4 saturated carbocycles. The van der Waals surface area contributed by atoms with Crippen LogP contribution >= 0.6 is 0 Å². The van der Waals surface area contributed by atoms with Crippen LogP contribution in [0.3, 0.4) is 0 Å². The highest BCUT2D eigenvalue weighted by Crippen LogP contribution is 2.68. The van der Waals surface area contributed by atoms with Crippen LogP contribution in [-0.4, -0.2) is 361 Å². The number of carboxylic acids is 9. The normalized spacial score (nSPS) is 27.9. The highest BCUT2D eigenvalue weighted by molar-refractivity contribution is 5.90. The molecular weight excluding hydrogens is 1360 g/mol. The van der Waals surface area contributed by atoms with Crippen molar-refractivity contribution < 1.29 is 123 Å². The number of fused-ring (bicyclic) bond motifs is 5. The van der Waals surface area contributed by atoms with Gasteiger partial charge in [-0.3, -0.25) is 91.8 Å². The van der Waals surface area contributed by atoms with Gasteiger partial charge in [-0.1, -0.05) is 20.8 Å². The Balaban J connectivity index is 1.13. The number of aliphatic hydroxyl groups excluding tert-OH is 2. The molecule has 4 aliphatic carbocycles. The minimum atomic E-state index is -1.36. The van der Waals surface area contributed by atoms with Crippen LogP contribution in [-0.2, 0) is 62.3 Å². The number of likely N-dealkylation sites (tertiary alicyclic amines) is 1. The van der Waals surface area contributed by atoms with E-state index in [1.807, 2.05) is 0 Å². The molecule has 0 radical (unpaired) electrons. The monoisotopic (exact) mass is 1470 g/mol. The zero-order valence-corrected chi connectivity index (χ0v) is 59.3. The molecule has 582 valence electrons. The fourth-order valence-corrected chi connectivity index (χ4v) is 17.5. The van der Waals surface area contributed by atoms with Crippen molar-refractivity contribution in [2.45, 2.75) is 122 Å². The first kappa shape index (κ1) is 84.5. The van der Waals surface area contributed by atoms with E-state index in [2.05, 4.69) is 36.7 Å². The average molecular weight is 1470 g/mol. The van der Waals surface area contributed by atoms with Crippen molar-refractivity contribution in [1.82, 2.24) is 55.1 Å². The first-order valence-corrected chi connectivity index (χ1v) is 35.8. The maximum absolute atomic E-state index is 14.4. The van der Waals surface area contributed by atoms with Gasteiger partial charge in [0, 0.05) is 118 Å². The molecule has 14 atom stereocenters. The number of hydrogen-bond donors (Lipinski definition) is 14. The van der Waals surface area contributed by atoms with Gasteiger partial charge in [0.05, 0.1) is 76.4 Å². The Morgan fingerprint density at radius 2 is 0.981 bits per heavy atom. The van der Waals surface area contributed by atoms with Crippen LogP contribution in [0.15, 0.2) is 0 Å². The van der Waals surface area contributed by atoms with E-state index in [-0.39, 0.29) is 204 Å². The Bertz CT molecular complexity index is 2870. The molecule has 14 N–H and O–H groups in total. The summed E-state index contributed by atoms with van der Waals surface area (Å²) in [5.41, 5.74) is -0.828. The number of carbonyl (C=O) groups is 13. The number of amides is 4. The number of nitrogens with zero attached hydrogens (tertiary/aromatic N) is 8. The van der Waals surface area contributed by atoms with Crippen LogP contribution in [0.5, 0.6) is 0 Å². The Kier molecular flexibility index (Phi) is 32.5. The number of unbranched alkanes of at least 4 members (excludes halogenated alkanes) is 1. The van der Waals surface area contributed by atoms with Crippen molar-refractivity contribution in [1.29, 1.82) is 0 Å². The van der Waals surface area contributed by atoms with Gasteiger partial charge in [0.2, 0.25) is 17.7 Å². The molecule has 4 amide bonds. The molecule has 6 aliphatic rings. The summed E-state index contributed by atoms with van der Waals surface area (Å²) in [5, 5.41) is 119. The third-order valence-electron chi connectivity index (χ3n) is 22.7. The molecule has 0 aromatic heterocycles. The standard InChI is InChI=1S/C67H109N11O25/c1-41(7-10-53(82)83)46-8-9-47-61-48(30-51(80)67(46,47)3)66(2)12-11-43(28-42(66)29-50(61)79)103-65(102)78-31-44(62(98)69-13-5-4-6-49(64(100)101)77(26-24-75(37-57(90)91)38-58(92)93)27-25-76(39-59(94)95)40-60(96)97)45(32-78)63(99)70-15-14-68-52(81)33-71-16-18-72(34-54(84)85)20-22-74(36-56(88)89)23-21-73(19-17-71)35-55(86)87/h41-51,61,79-80H,4-40H2,1-3H3,(H,68,81)(H,69,98)(H,70,99)(H,82,83)(H,84,85)(H,86,87)(H,88,89)(H,90,91)(H,92,93)(H,94,95)(H,96,97)(H,100,101)/t41?,42?,43-,44-,45-,46?,47?,48?,49+,50-,51+,61?,66+,67-/m1/s1. The second-order valence-corrected chi connectivity index (χ2v) is 29.5. The largest absolute Gasteiger partial charge is 0.481 e. The van der Waals surface area contributed by atoms with E-state index < -0.39 is 145 Å². The molecule has 36 heteroatoms. The topological polar surface area (TPSA) is 516 Å². The fraction of sp³-hybridized carbons (Fsp3) is 0.806. The van der Waals surface area contributed by atoms with E-state index in [1.165, 1.54) is 9.80 Å². The first-order chi connectivity index (χ1) is 48.6. The molecule has 36 nitrogen and oxygen atoms in total. The predicted octanol–water partition coefficient (Wildman–Crippen LogP) is -2.17. The van der Waals surface area contributed by atoms with Crippen molar-refractivity contribution in [3.05, 3.63) is 0 Å². The maximum Gasteiger partial charge on any atom is 0.410 e. The summed E-state index contributed by atoms with van der Waals surface area (Å²) in [6, 6.07) is -1.35. The van der Waals surface area contributed by atoms with Gasteiger partial charge in [-0.05, 0) is 117 Å². The van der Waals surface area contributed by atoms with Crippen molar-refractivity contribution in [2.24, 2.45) is 58.2 Å². The lowest BCUT2D eigenvalue weighted by molar-refractivity contribution is -0.207. The maximum atomic E-state index is 14.4. The lowest BCUT2D eigenvalue weighted by atomic mass is 9.43. The van der Waals surface area contributed by atoms with Gasteiger partial charge in [-0.2, -0.15) is 0 Å². The quantitative estimate of drug-likeness (QED) is 0.0291. The summed E-state index contributed by atoms with van der Waals surface area (Å²) in [6.45, 7) is 1.67. The molecule has 2 saturated heterocycles. The molecule has 2 heterocycles. The highest BCUT2D eigenvalue weighted by atomic mass is 16.6. The smallest absolute Gasteiger partial charge is 0.410 e. The van der Waals surface area contributed by atoms with Gasteiger partial charge in [0.15, 0.2) is 0 Å². The van der Waals surface area contributed by atoms with Crippen molar-refractivity contribution in [2.75, 3.05) is 164 Å². The van der Waals surface area contributed by atoms with Gasteiger partial charge in [0.1, 0.15) is 12.1 Å². The minimum absolute atomic E-state index is 0.0221. The van der Waals surface area contributed by atoms with Gasteiger partial charge >= 0.3 is 59.8 Å². The Labute approximate surface area is 597 Å². The summed E-state index contributed by atoms with van der Waals surface area (Å²) < 4.78 is 6.23. The van der Waals surface area contributed by atoms with E-state index in [0.29, 0.717) is 38.5 Å². The van der Waals surface area contributed by atoms with Crippen LogP contribution < -0.4 is 16.0 Å². The summed E-state index contributed by atoms with van der Waals surface area (Å²) in [6.07, 6.45) is 1.93. The number of rotatable bonds is 39.